The van der Waals surface area contributed by atoms with E-state index in [1.807, 2.05) is 13.0 Å². The average Bonchev–Trinajstić information content (AvgIpc) is 2.41. The minimum Gasteiger partial charge on any atom is -0.477 e. The highest BCUT2D eigenvalue weighted by molar-refractivity contribution is 9.10. The molecular weight excluding hydrogens is 342 g/mol. The molecule has 0 bridgehead atoms. The summed E-state index contributed by atoms with van der Waals surface area (Å²) in [6.45, 7) is 1.84. The maximum Gasteiger partial charge on any atom is 0.342 e. The standard InChI is InChI=1S/C14H10BrNO5/c1-8-6-9(15)2-5-13(8)21-10-3-4-12(16(19)20)11(7-10)14(17)18/h2-7H,1H3,(H,17,18). The molecule has 0 aliphatic heterocycles. The van der Waals surface area contributed by atoms with Gasteiger partial charge in [0.15, 0.2) is 0 Å². The number of nitrogens with zero attached hydrogens (tertiary/aromatic N) is 1. The molecule has 2 rings (SSSR count). The Bertz CT molecular complexity index is 729. The van der Waals surface area contributed by atoms with Crippen molar-refractivity contribution in [2.75, 3.05) is 0 Å². The minimum atomic E-state index is -1.38. The number of carbonyl (C=O) groups is 1. The average molecular weight is 352 g/mol. The van der Waals surface area contributed by atoms with E-state index in [1.54, 1.807) is 12.1 Å². The highest BCUT2D eigenvalue weighted by Gasteiger charge is 2.20. The number of benzene rings is 2. The van der Waals surface area contributed by atoms with E-state index in [-0.39, 0.29) is 5.75 Å². The van der Waals surface area contributed by atoms with Crippen LogP contribution in [0.5, 0.6) is 11.5 Å². The molecule has 0 spiro atoms. The normalized spacial score (nSPS) is 10.2. The zero-order valence-electron chi connectivity index (χ0n) is 10.9. The van der Waals surface area contributed by atoms with E-state index < -0.39 is 22.1 Å². The third-order valence-corrected chi connectivity index (χ3v) is 3.25. The lowest BCUT2D eigenvalue weighted by atomic mass is 10.1. The SMILES string of the molecule is Cc1cc(Br)ccc1Oc1ccc([N+](=O)[O-])c(C(=O)O)c1. The van der Waals surface area contributed by atoms with Gasteiger partial charge in [-0.3, -0.25) is 10.1 Å². The van der Waals surface area contributed by atoms with E-state index in [4.69, 9.17) is 9.84 Å². The highest BCUT2D eigenvalue weighted by Crippen LogP contribution is 2.30. The topological polar surface area (TPSA) is 89.7 Å². The quantitative estimate of drug-likeness (QED) is 0.659. The molecule has 0 atom stereocenters. The lowest BCUT2D eigenvalue weighted by Crippen LogP contribution is -2.03. The molecule has 0 fully saturated rings. The molecule has 0 saturated heterocycles. The van der Waals surface area contributed by atoms with Gasteiger partial charge in [0.2, 0.25) is 0 Å². The van der Waals surface area contributed by atoms with E-state index >= 15 is 0 Å². The number of hydrogen-bond donors (Lipinski definition) is 1. The Hall–Kier alpha value is -2.41. The lowest BCUT2D eigenvalue weighted by molar-refractivity contribution is -0.385. The van der Waals surface area contributed by atoms with Crippen LogP contribution in [-0.2, 0) is 0 Å². The Morgan fingerprint density at radius 1 is 1.29 bits per heavy atom. The van der Waals surface area contributed by atoms with Crippen molar-refractivity contribution < 1.29 is 19.6 Å². The summed E-state index contributed by atoms with van der Waals surface area (Å²) < 4.78 is 6.47. The monoisotopic (exact) mass is 351 g/mol. The van der Waals surface area contributed by atoms with Crippen molar-refractivity contribution in [1.29, 1.82) is 0 Å². The van der Waals surface area contributed by atoms with E-state index in [1.165, 1.54) is 6.07 Å². The van der Waals surface area contributed by atoms with Crippen LogP contribution in [0.4, 0.5) is 5.69 Å². The molecule has 0 saturated carbocycles. The van der Waals surface area contributed by atoms with Gasteiger partial charge < -0.3 is 9.84 Å². The van der Waals surface area contributed by atoms with E-state index in [0.717, 1.165) is 22.2 Å². The van der Waals surface area contributed by atoms with Crippen LogP contribution in [0.2, 0.25) is 0 Å². The third kappa shape index (κ3) is 3.38. The second kappa shape index (κ2) is 5.92. The molecule has 2 aromatic rings. The number of carboxylic acids is 1. The van der Waals surface area contributed by atoms with Crippen molar-refractivity contribution in [1.82, 2.24) is 0 Å². The van der Waals surface area contributed by atoms with Crippen LogP contribution in [0.3, 0.4) is 0 Å². The van der Waals surface area contributed by atoms with Crippen LogP contribution in [0, 0.1) is 17.0 Å². The second-order valence-electron chi connectivity index (χ2n) is 4.25. The van der Waals surface area contributed by atoms with E-state index in [2.05, 4.69) is 15.9 Å². The minimum absolute atomic E-state index is 0.225. The van der Waals surface area contributed by atoms with Gasteiger partial charge in [-0.15, -0.1) is 0 Å². The molecule has 0 amide bonds. The van der Waals surface area contributed by atoms with Gasteiger partial charge in [0, 0.05) is 16.6 Å². The van der Waals surface area contributed by atoms with Crippen molar-refractivity contribution in [3.05, 3.63) is 62.1 Å². The maximum atomic E-state index is 11.1. The molecule has 0 aromatic heterocycles. The number of ether oxygens (including phenoxy) is 1. The summed E-state index contributed by atoms with van der Waals surface area (Å²) in [5.41, 5.74) is -0.0331. The Kier molecular flexibility index (Phi) is 4.23. The third-order valence-electron chi connectivity index (χ3n) is 2.76. The zero-order valence-corrected chi connectivity index (χ0v) is 12.5. The van der Waals surface area contributed by atoms with Crippen molar-refractivity contribution in [2.24, 2.45) is 0 Å². The summed E-state index contributed by atoms with van der Waals surface area (Å²) in [6.07, 6.45) is 0. The van der Waals surface area contributed by atoms with Crippen molar-refractivity contribution in [2.45, 2.75) is 6.92 Å². The fourth-order valence-corrected chi connectivity index (χ4v) is 2.24. The van der Waals surface area contributed by atoms with Crippen LogP contribution in [0.1, 0.15) is 15.9 Å². The fraction of sp³-hybridized carbons (Fsp3) is 0.0714. The molecule has 0 aliphatic carbocycles. The van der Waals surface area contributed by atoms with Gasteiger partial charge in [-0.05, 0) is 36.8 Å². The summed E-state index contributed by atoms with van der Waals surface area (Å²) in [5.74, 6) is -0.605. The number of nitro benzene ring substituents is 1. The molecule has 6 nitrogen and oxygen atoms in total. The molecule has 7 heteroatoms. The highest BCUT2D eigenvalue weighted by atomic mass is 79.9. The number of nitro groups is 1. The number of rotatable bonds is 4. The van der Waals surface area contributed by atoms with Gasteiger partial charge in [-0.1, -0.05) is 15.9 Å². The predicted molar refractivity (Wildman–Crippen MR) is 79.0 cm³/mol. The zero-order chi connectivity index (χ0) is 15.6. The summed E-state index contributed by atoms with van der Waals surface area (Å²) in [6, 6.07) is 8.98. The molecule has 0 unspecified atom stereocenters. The van der Waals surface area contributed by atoms with Gasteiger partial charge in [-0.2, -0.15) is 0 Å². The predicted octanol–water partition coefficient (Wildman–Crippen LogP) is 4.16. The van der Waals surface area contributed by atoms with E-state index in [9.17, 15) is 14.9 Å². The number of hydrogen-bond acceptors (Lipinski definition) is 4. The van der Waals surface area contributed by atoms with Crippen LogP contribution in [-0.4, -0.2) is 16.0 Å². The number of carboxylic acid groups (broad SMARTS) is 1. The summed E-state index contributed by atoms with van der Waals surface area (Å²) in [7, 11) is 0. The van der Waals surface area contributed by atoms with Gasteiger partial charge in [0.1, 0.15) is 17.1 Å². The summed E-state index contributed by atoms with van der Waals surface area (Å²) >= 11 is 3.33. The number of aryl methyl sites for hydroxylation is 1. The molecule has 0 aliphatic rings. The maximum absolute atomic E-state index is 11.1. The molecule has 1 N–H and O–H groups in total. The second-order valence-corrected chi connectivity index (χ2v) is 5.17. The first kappa shape index (κ1) is 15.0. The number of halogens is 1. The Morgan fingerprint density at radius 3 is 2.57 bits per heavy atom. The number of aromatic carboxylic acids is 1. The lowest BCUT2D eigenvalue weighted by Gasteiger charge is -2.09. The van der Waals surface area contributed by atoms with Crippen LogP contribution in [0.15, 0.2) is 40.9 Å². The van der Waals surface area contributed by atoms with Gasteiger partial charge >= 0.3 is 5.97 Å². The van der Waals surface area contributed by atoms with Crippen molar-refractivity contribution in [3.8, 4) is 11.5 Å². The fourth-order valence-electron chi connectivity index (χ4n) is 1.76. The van der Waals surface area contributed by atoms with Gasteiger partial charge in [-0.25, -0.2) is 4.79 Å². The summed E-state index contributed by atoms with van der Waals surface area (Å²) in [4.78, 5) is 21.1. The van der Waals surface area contributed by atoms with E-state index in [0.29, 0.717) is 5.75 Å². The Morgan fingerprint density at radius 2 is 2.00 bits per heavy atom. The van der Waals surface area contributed by atoms with Crippen molar-refractivity contribution in [3.63, 3.8) is 0 Å². The first-order chi connectivity index (χ1) is 9.88. The summed E-state index contributed by atoms with van der Waals surface area (Å²) in [5, 5.41) is 19.8. The first-order valence-electron chi connectivity index (χ1n) is 5.84. The Labute approximate surface area is 128 Å². The Balaban J connectivity index is 2.39. The largest absolute Gasteiger partial charge is 0.477 e. The molecular formula is C14H10BrNO5. The van der Waals surface area contributed by atoms with Crippen molar-refractivity contribution >= 4 is 27.6 Å². The van der Waals surface area contributed by atoms with Crippen LogP contribution in [0.25, 0.3) is 0 Å². The van der Waals surface area contributed by atoms with Gasteiger partial charge in [0.05, 0.1) is 4.92 Å². The molecule has 0 radical (unpaired) electrons. The van der Waals surface area contributed by atoms with Crippen LogP contribution < -0.4 is 4.74 Å². The molecule has 0 heterocycles. The first-order valence-corrected chi connectivity index (χ1v) is 6.63. The molecule has 21 heavy (non-hydrogen) atoms. The van der Waals surface area contributed by atoms with Crippen LogP contribution >= 0.6 is 15.9 Å². The molecule has 2 aromatic carbocycles. The smallest absolute Gasteiger partial charge is 0.342 e. The molecule has 108 valence electrons. The van der Waals surface area contributed by atoms with Gasteiger partial charge in [0.25, 0.3) is 5.69 Å².